The van der Waals surface area contributed by atoms with Crippen LogP contribution in [0.1, 0.15) is 12.0 Å². The number of nitrogens with one attached hydrogen (secondary N) is 1. The Labute approximate surface area is 120 Å². The lowest BCUT2D eigenvalue weighted by atomic mass is 10.1. The SMILES string of the molecule is CNc1ncnc(OCCCc2ccncc2)c1Br. The molecule has 0 saturated heterocycles. The van der Waals surface area contributed by atoms with Gasteiger partial charge < -0.3 is 10.1 Å². The van der Waals surface area contributed by atoms with E-state index in [0.29, 0.717) is 12.5 Å². The zero-order valence-corrected chi connectivity index (χ0v) is 12.2. The van der Waals surface area contributed by atoms with E-state index in [-0.39, 0.29) is 0 Å². The van der Waals surface area contributed by atoms with Crippen molar-refractivity contribution >= 4 is 21.7 Å². The average molecular weight is 323 g/mol. The molecule has 0 aliphatic carbocycles. The van der Waals surface area contributed by atoms with Crippen molar-refractivity contribution in [1.82, 2.24) is 15.0 Å². The van der Waals surface area contributed by atoms with Gasteiger partial charge in [-0.05, 0) is 46.5 Å². The summed E-state index contributed by atoms with van der Waals surface area (Å²) in [7, 11) is 1.81. The van der Waals surface area contributed by atoms with Crippen molar-refractivity contribution in [2.24, 2.45) is 0 Å². The van der Waals surface area contributed by atoms with E-state index in [1.165, 1.54) is 11.9 Å². The maximum absolute atomic E-state index is 5.65. The molecular formula is C13H15BrN4O. The smallest absolute Gasteiger partial charge is 0.233 e. The molecule has 1 N–H and O–H groups in total. The molecule has 0 unspecified atom stereocenters. The van der Waals surface area contributed by atoms with Gasteiger partial charge in [0.05, 0.1) is 6.61 Å². The summed E-state index contributed by atoms with van der Waals surface area (Å²) in [5.74, 6) is 1.29. The summed E-state index contributed by atoms with van der Waals surface area (Å²) in [6.45, 7) is 0.612. The number of aromatic nitrogens is 3. The molecule has 0 aromatic carbocycles. The third kappa shape index (κ3) is 3.89. The van der Waals surface area contributed by atoms with Crippen molar-refractivity contribution in [3.05, 3.63) is 40.9 Å². The Morgan fingerprint density at radius 2 is 2.05 bits per heavy atom. The van der Waals surface area contributed by atoms with Crippen LogP contribution in [0.4, 0.5) is 5.82 Å². The summed E-state index contributed by atoms with van der Waals surface area (Å²) < 4.78 is 6.40. The van der Waals surface area contributed by atoms with E-state index in [1.807, 2.05) is 12.1 Å². The molecule has 0 aliphatic rings. The van der Waals surface area contributed by atoms with Gasteiger partial charge in [-0.3, -0.25) is 4.98 Å². The molecule has 2 aromatic rings. The number of aryl methyl sites for hydroxylation is 1. The molecule has 100 valence electrons. The predicted molar refractivity (Wildman–Crippen MR) is 77.3 cm³/mol. The lowest BCUT2D eigenvalue weighted by molar-refractivity contribution is 0.297. The van der Waals surface area contributed by atoms with Crippen LogP contribution in [0.15, 0.2) is 35.3 Å². The first-order valence-electron chi connectivity index (χ1n) is 6.01. The minimum atomic E-state index is 0.564. The van der Waals surface area contributed by atoms with Gasteiger partial charge in [0.25, 0.3) is 0 Å². The van der Waals surface area contributed by atoms with Crippen LogP contribution >= 0.6 is 15.9 Å². The molecule has 0 radical (unpaired) electrons. The molecule has 0 amide bonds. The molecule has 0 saturated carbocycles. The van der Waals surface area contributed by atoms with Crippen LogP contribution in [0.2, 0.25) is 0 Å². The number of pyridine rings is 1. The average Bonchev–Trinajstić information content (AvgIpc) is 2.46. The summed E-state index contributed by atoms with van der Waals surface area (Å²) in [5.41, 5.74) is 1.26. The largest absolute Gasteiger partial charge is 0.477 e. The van der Waals surface area contributed by atoms with Crippen LogP contribution < -0.4 is 10.1 Å². The quantitative estimate of drug-likeness (QED) is 0.828. The first kappa shape index (κ1) is 13.7. The number of anilines is 1. The molecule has 2 heterocycles. The Balaban J connectivity index is 1.83. The number of hydrogen-bond donors (Lipinski definition) is 1. The Morgan fingerprint density at radius 1 is 1.26 bits per heavy atom. The van der Waals surface area contributed by atoms with Crippen molar-refractivity contribution in [2.75, 3.05) is 19.0 Å². The third-order valence-electron chi connectivity index (χ3n) is 2.59. The summed E-state index contributed by atoms with van der Waals surface area (Å²) in [6.07, 6.45) is 6.97. The van der Waals surface area contributed by atoms with Gasteiger partial charge in [0.15, 0.2) is 0 Å². The number of rotatable bonds is 6. The van der Waals surface area contributed by atoms with Crippen LogP contribution in [-0.2, 0) is 6.42 Å². The first-order chi connectivity index (χ1) is 9.31. The molecule has 2 aromatic heterocycles. The minimum Gasteiger partial charge on any atom is -0.477 e. The van der Waals surface area contributed by atoms with Crippen molar-refractivity contribution in [3.63, 3.8) is 0 Å². The molecule has 5 nitrogen and oxygen atoms in total. The van der Waals surface area contributed by atoms with Gasteiger partial charge in [-0.15, -0.1) is 0 Å². The van der Waals surface area contributed by atoms with E-state index in [0.717, 1.165) is 23.1 Å². The number of halogens is 1. The maximum Gasteiger partial charge on any atom is 0.233 e. The zero-order chi connectivity index (χ0) is 13.5. The highest BCUT2D eigenvalue weighted by Crippen LogP contribution is 2.27. The molecule has 0 spiro atoms. The van der Waals surface area contributed by atoms with Gasteiger partial charge in [0.1, 0.15) is 16.6 Å². The third-order valence-corrected chi connectivity index (χ3v) is 3.31. The molecule has 6 heteroatoms. The van der Waals surface area contributed by atoms with Crippen LogP contribution in [-0.4, -0.2) is 28.6 Å². The van der Waals surface area contributed by atoms with Crippen LogP contribution in [0.5, 0.6) is 5.88 Å². The topological polar surface area (TPSA) is 59.9 Å². The number of ether oxygens (including phenoxy) is 1. The standard InChI is InChI=1S/C13H15BrN4O/c1-15-12-11(14)13(18-9-17-12)19-8-2-3-10-4-6-16-7-5-10/h4-7,9H,2-3,8H2,1H3,(H,15,17,18). The van der Waals surface area contributed by atoms with Gasteiger partial charge in [-0.25, -0.2) is 9.97 Å². The Bertz CT molecular complexity index is 521. The van der Waals surface area contributed by atoms with Crippen molar-refractivity contribution in [2.45, 2.75) is 12.8 Å². The van der Waals surface area contributed by atoms with E-state index in [1.54, 1.807) is 19.4 Å². The molecule has 0 atom stereocenters. The van der Waals surface area contributed by atoms with E-state index in [2.05, 4.69) is 36.2 Å². The Morgan fingerprint density at radius 3 is 2.79 bits per heavy atom. The van der Waals surface area contributed by atoms with E-state index >= 15 is 0 Å². The second kappa shape index (κ2) is 7.04. The fraction of sp³-hybridized carbons (Fsp3) is 0.308. The number of nitrogens with zero attached hydrogens (tertiary/aromatic N) is 3. The van der Waals surface area contributed by atoms with E-state index in [9.17, 15) is 0 Å². The lowest BCUT2D eigenvalue weighted by Crippen LogP contribution is -2.04. The van der Waals surface area contributed by atoms with Crippen LogP contribution in [0, 0.1) is 0 Å². The Kier molecular flexibility index (Phi) is 5.09. The van der Waals surface area contributed by atoms with Gasteiger partial charge in [0, 0.05) is 19.4 Å². The molecule has 0 bridgehead atoms. The van der Waals surface area contributed by atoms with Crippen molar-refractivity contribution < 1.29 is 4.74 Å². The van der Waals surface area contributed by atoms with Crippen LogP contribution in [0.3, 0.4) is 0 Å². The summed E-state index contributed by atoms with van der Waals surface area (Å²) >= 11 is 3.42. The predicted octanol–water partition coefficient (Wildman–Crippen LogP) is 2.69. The van der Waals surface area contributed by atoms with Crippen LogP contribution in [0.25, 0.3) is 0 Å². The second-order valence-corrected chi connectivity index (χ2v) is 4.69. The Hall–Kier alpha value is -1.69. The first-order valence-corrected chi connectivity index (χ1v) is 6.80. The highest BCUT2D eigenvalue weighted by atomic mass is 79.9. The summed E-state index contributed by atoms with van der Waals surface area (Å²) in [6, 6.07) is 4.03. The molecule has 19 heavy (non-hydrogen) atoms. The van der Waals surface area contributed by atoms with E-state index in [4.69, 9.17) is 4.74 Å². The maximum atomic E-state index is 5.65. The fourth-order valence-electron chi connectivity index (χ4n) is 1.62. The highest BCUT2D eigenvalue weighted by molar-refractivity contribution is 9.10. The lowest BCUT2D eigenvalue weighted by Gasteiger charge is -2.09. The summed E-state index contributed by atoms with van der Waals surface area (Å²) in [4.78, 5) is 12.2. The monoisotopic (exact) mass is 322 g/mol. The number of hydrogen-bond acceptors (Lipinski definition) is 5. The molecular weight excluding hydrogens is 308 g/mol. The summed E-state index contributed by atoms with van der Waals surface area (Å²) in [5, 5.41) is 2.97. The molecule has 0 fully saturated rings. The fourth-order valence-corrected chi connectivity index (χ4v) is 2.14. The van der Waals surface area contributed by atoms with Crippen molar-refractivity contribution in [3.8, 4) is 5.88 Å². The zero-order valence-electron chi connectivity index (χ0n) is 10.6. The molecule has 0 aliphatic heterocycles. The van der Waals surface area contributed by atoms with E-state index < -0.39 is 0 Å². The second-order valence-electron chi connectivity index (χ2n) is 3.90. The van der Waals surface area contributed by atoms with Gasteiger partial charge in [-0.2, -0.15) is 0 Å². The normalized spacial score (nSPS) is 10.2. The highest BCUT2D eigenvalue weighted by Gasteiger charge is 2.08. The van der Waals surface area contributed by atoms with Gasteiger partial charge >= 0.3 is 0 Å². The van der Waals surface area contributed by atoms with Crippen molar-refractivity contribution in [1.29, 1.82) is 0 Å². The molecule has 2 rings (SSSR count). The van der Waals surface area contributed by atoms with Gasteiger partial charge in [-0.1, -0.05) is 0 Å². The van der Waals surface area contributed by atoms with Gasteiger partial charge in [0.2, 0.25) is 5.88 Å². The minimum absolute atomic E-state index is 0.564.